The lowest BCUT2D eigenvalue weighted by Crippen LogP contribution is -2.11. The van der Waals surface area contributed by atoms with Gasteiger partial charge in [0.05, 0.1) is 14.2 Å². The first-order valence-electron chi connectivity index (χ1n) is 4.85. The number of halogens is 1. The number of hydrogen-bond acceptors (Lipinski definition) is 4. The molecule has 0 radical (unpaired) electrons. The number of rotatable bonds is 5. The molecule has 17 heavy (non-hydrogen) atoms. The lowest BCUT2D eigenvalue weighted by atomic mass is 10.2. The molecule has 0 atom stereocenters. The highest BCUT2D eigenvalue weighted by Crippen LogP contribution is 2.18. The molecule has 0 amide bonds. The highest BCUT2D eigenvalue weighted by molar-refractivity contribution is 9.08. The summed E-state index contributed by atoms with van der Waals surface area (Å²) in [5.41, 5.74) is 1.05. The van der Waals surface area contributed by atoms with Crippen LogP contribution in [0.3, 0.4) is 0 Å². The van der Waals surface area contributed by atoms with Gasteiger partial charge in [0, 0.05) is 5.33 Å². The fourth-order valence-corrected chi connectivity index (χ4v) is 1.49. The van der Waals surface area contributed by atoms with Gasteiger partial charge in [-0.1, -0.05) is 28.1 Å². The third-order valence-electron chi connectivity index (χ3n) is 1.89. The minimum atomic E-state index is -0.587. The zero-order valence-electron chi connectivity index (χ0n) is 9.60. The number of benzene rings is 1. The molecule has 0 unspecified atom stereocenters. The van der Waals surface area contributed by atoms with Crippen molar-refractivity contribution in [3.05, 3.63) is 41.9 Å². The highest BCUT2D eigenvalue weighted by Gasteiger charge is 2.13. The fraction of sp³-hybridized carbons (Fsp3) is 0.250. The summed E-state index contributed by atoms with van der Waals surface area (Å²) in [6.07, 6.45) is 1.20. The van der Waals surface area contributed by atoms with Gasteiger partial charge in [-0.05, 0) is 17.7 Å². The molecule has 1 aromatic rings. The molecule has 0 aliphatic heterocycles. The van der Waals surface area contributed by atoms with Crippen LogP contribution < -0.4 is 4.74 Å². The quantitative estimate of drug-likeness (QED) is 0.363. The van der Waals surface area contributed by atoms with E-state index in [4.69, 9.17) is 9.47 Å². The summed E-state index contributed by atoms with van der Waals surface area (Å²) in [5, 5.41) is 0.714. The van der Waals surface area contributed by atoms with Crippen LogP contribution in [0.4, 0.5) is 0 Å². The Kier molecular flexibility index (Phi) is 5.56. The first kappa shape index (κ1) is 13.6. The molecule has 0 fully saturated rings. The summed E-state index contributed by atoms with van der Waals surface area (Å²) in [5.74, 6) is -0.0338. The van der Waals surface area contributed by atoms with Crippen molar-refractivity contribution in [2.45, 2.75) is 5.33 Å². The molecule has 0 aromatic heterocycles. The molecule has 0 saturated heterocycles. The van der Waals surface area contributed by atoms with E-state index in [9.17, 15) is 4.79 Å². The average Bonchev–Trinajstić information content (AvgIpc) is 2.37. The Morgan fingerprint density at radius 2 is 2.18 bits per heavy atom. The van der Waals surface area contributed by atoms with E-state index < -0.39 is 5.97 Å². The van der Waals surface area contributed by atoms with Gasteiger partial charge in [-0.3, -0.25) is 0 Å². The van der Waals surface area contributed by atoms with E-state index in [-0.39, 0.29) is 5.76 Å². The van der Waals surface area contributed by atoms with Crippen molar-refractivity contribution in [1.29, 1.82) is 0 Å². The summed E-state index contributed by atoms with van der Waals surface area (Å²) in [6, 6.07) is 7.35. The molecule has 4 nitrogen and oxygen atoms in total. The maximum Gasteiger partial charge on any atom is 0.377 e. The Morgan fingerprint density at radius 3 is 2.76 bits per heavy atom. The molecule has 1 aromatic carbocycles. The number of methoxy groups -OCH3 is 2. The standard InChI is InChI=1S/C12H13BrO4/c1-15-8-11(12(14)16-2)17-10-5-3-4-9(6-10)7-13/h3-6,8H,7H2,1-2H3/b11-8+. The molecular formula is C12H13BrO4. The Balaban J connectivity index is 2.86. The Bertz CT molecular complexity index is 415. The van der Waals surface area contributed by atoms with Crippen molar-refractivity contribution in [2.24, 2.45) is 0 Å². The molecule has 0 saturated carbocycles. The van der Waals surface area contributed by atoms with Gasteiger partial charge in [0.15, 0.2) is 0 Å². The zero-order valence-corrected chi connectivity index (χ0v) is 11.2. The zero-order chi connectivity index (χ0) is 12.7. The number of hydrogen-bond donors (Lipinski definition) is 0. The normalized spacial score (nSPS) is 10.9. The van der Waals surface area contributed by atoms with E-state index in [0.717, 1.165) is 5.56 Å². The van der Waals surface area contributed by atoms with Gasteiger partial charge in [-0.25, -0.2) is 4.79 Å². The third-order valence-corrected chi connectivity index (χ3v) is 2.54. The summed E-state index contributed by atoms with van der Waals surface area (Å²) < 4.78 is 14.7. The van der Waals surface area contributed by atoms with Crippen LogP contribution >= 0.6 is 15.9 Å². The minimum absolute atomic E-state index is 0.00159. The van der Waals surface area contributed by atoms with Crippen molar-refractivity contribution >= 4 is 21.9 Å². The van der Waals surface area contributed by atoms with E-state index in [1.54, 1.807) is 6.07 Å². The van der Waals surface area contributed by atoms with Crippen molar-refractivity contribution in [3.63, 3.8) is 0 Å². The number of alkyl halides is 1. The molecule has 0 spiro atoms. The maximum atomic E-state index is 11.4. The summed E-state index contributed by atoms with van der Waals surface area (Å²) in [6.45, 7) is 0. The lowest BCUT2D eigenvalue weighted by molar-refractivity contribution is -0.138. The first-order chi connectivity index (χ1) is 8.21. The van der Waals surface area contributed by atoms with Gasteiger partial charge in [0.1, 0.15) is 12.0 Å². The number of esters is 1. The monoisotopic (exact) mass is 300 g/mol. The van der Waals surface area contributed by atoms with Gasteiger partial charge in [0.2, 0.25) is 5.76 Å². The number of carbonyl (C=O) groups excluding carboxylic acids is 1. The van der Waals surface area contributed by atoms with E-state index in [1.165, 1.54) is 20.5 Å². The van der Waals surface area contributed by atoms with E-state index >= 15 is 0 Å². The Labute approximate surface area is 108 Å². The predicted molar refractivity (Wildman–Crippen MR) is 66.8 cm³/mol. The van der Waals surface area contributed by atoms with Crippen LogP contribution in [0.25, 0.3) is 0 Å². The second kappa shape index (κ2) is 6.96. The van der Waals surface area contributed by atoms with Crippen molar-refractivity contribution in [3.8, 4) is 5.75 Å². The SMILES string of the molecule is CO/C=C(/Oc1cccc(CBr)c1)C(=O)OC. The van der Waals surface area contributed by atoms with Gasteiger partial charge in [0.25, 0.3) is 0 Å². The highest BCUT2D eigenvalue weighted by atomic mass is 79.9. The molecule has 0 aliphatic rings. The lowest BCUT2D eigenvalue weighted by Gasteiger charge is -2.08. The summed E-state index contributed by atoms with van der Waals surface area (Å²) >= 11 is 3.34. The van der Waals surface area contributed by atoms with Crippen molar-refractivity contribution in [2.75, 3.05) is 14.2 Å². The van der Waals surface area contributed by atoms with Crippen molar-refractivity contribution < 1.29 is 19.0 Å². The molecule has 0 aliphatic carbocycles. The number of ether oxygens (including phenoxy) is 3. The Hall–Kier alpha value is -1.49. The molecule has 5 heteroatoms. The summed E-state index contributed by atoms with van der Waals surface area (Å²) in [7, 11) is 2.71. The second-order valence-corrected chi connectivity index (χ2v) is 3.65. The smallest absolute Gasteiger partial charge is 0.377 e. The van der Waals surface area contributed by atoms with E-state index in [2.05, 4.69) is 20.7 Å². The van der Waals surface area contributed by atoms with E-state index in [1.807, 2.05) is 18.2 Å². The van der Waals surface area contributed by atoms with Gasteiger partial charge >= 0.3 is 5.97 Å². The first-order valence-corrected chi connectivity index (χ1v) is 5.97. The van der Waals surface area contributed by atoms with Crippen LogP contribution in [0, 0.1) is 0 Å². The van der Waals surface area contributed by atoms with Gasteiger partial charge in [-0.15, -0.1) is 0 Å². The fourth-order valence-electron chi connectivity index (χ4n) is 1.14. The molecule has 0 heterocycles. The minimum Gasteiger partial charge on any atom is -0.500 e. The molecule has 0 N–H and O–H groups in total. The van der Waals surface area contributed by atoms with Crippen LogP contribution in [-0.2, 0) is 19.6 Å². The van der Waals surface area contributed by atoms with Crippen LogP contribution in [0.15, 0.2) is 36.3 Å². The summed E-state index contributed by atoms with van der Waals surface area (Å²) in [4.78, 5) is 11.4. The average molecular weight is 301 g/mol. The topological polar surface area (TPSA) is 44.8 Å². The third kappa shape index (κ3) is 4.11. The van der Waals surface area contributed by atoms with E-state index in [0.29, 0.717) is 11.1 Å². The second-order valence-electron chi connectivity index (χ2n) is 3.09. The molecule has 0 bridgehead atoms. The van der Waals surface area contributed by atoms with Crippen molar-refractivity contribution in [1.82, 2.24) is 0 Å². The molecular weight excluding hydrogens is 288 g/mol. The van der Waals surface area contributed by atoms with Crippen LogP contribution in [-0.4, -0.2) is 20.2 Å². The Morgan fingerprint density at radius 1 is 1.41 bits per heavy atom. The van der Waals surface area contributed by atoms with Crippen LogP contribution in [0.5, 0.6) is 5.75 Å². The maximum absolute atomic E-state index is 11.4. The largest absolute Gasteiger partial charge is 0.500 e. The van der Waals surface area contributed by atoms with Crippen LogP contribution in [0.1, 0.15) is 5.56 Å². The van der Waals surface area contributed by atoms with Gasteiger partial charge < -0.3 is 14.2 Å². The van der Waals surface area contributed by atoms with Gasteiger partial charge in [-0.2, -0.15) is 0 Å². The molecule has 1 rings (SSSR count). The predicted octanol–water partition coefficient (Wildman–Crippen LogP) is 2.62. The van der Waals surface area contributed by atoms with Crippen LogP contribution in [0.2, 0.25) is 0 Å². The number of carbonyl (C=O) groups is 1. The molecule has 92 valence electrons.